The Labute approximate surface area is 71.1 Å². The van der Waals surface area contributed by atoms with Gasteiger partial charge in [-0.1, -0.05) is 0 Å². The summed E-state index contributed by atoms with van der Waals surface area (Å²) < 4.78 is 14.6. The molecule has 1 saturated heterocycles. The summed E-state index contributed by atoms with van der Waals surface area (Å²) in [6, 6.07) is 0. The minimum Gasteiger partial charge on any atom is -0.498 e. The number of carbonyl (C=O) groups excluding carboxylic acids is 1. The summed E-state index contributed by atoms with van der Waals surface area (Å²) in [6.45, 7) is 5.21. The van der Waals surface area contributed by atoms with Crippen LogP contribution in [-0.4, -0.2) is 18.9 Å². The van der Waals surface area contributed by atoms with E-state index in [4.69, 9.17) is 14.2 Å². The molecular formula is C8H12O4. The molecule has 68 valence electrons. The van der Waals surface area contributed by atoms with Crippen LogP contribution in [0.3, 0.4) is 0 Å². The minimum atomic E-state index is -0.711. The number of carbonyl (C=O) groups is 1. The van der Waals surface area contributed by atoms with Gasteiger partial charge in [0, 0.05) is 0 Å². The van der Waals surface area contributed by atoms with Crippen molar-refractivity contribution in [2.24, 2.45) is 0 Å². The molecule has 0 N–H and O–H groups in total. The van der Waals surface area contributed by atoms with Crippen molar-refractivity contribution in [2.75, 3.05) is 7.11 Å². The molecule has 0 amide bonds. The number of rotatable bonds is 1. The van der Waals surface area contributed by atoms with Crippen molar-refractivity contribution in [3.63, 3.8) is 0 Å². The molecule has 0 radical (unpaired) electrons. The summed E-state index contributed by atoms with van der Waals surface area (Å²) in [6.07, 6.45) is -0.675. The highest BCUT2D eigenvalue weighted by molar-refractivity contribution is 5.66. The number of allylic oxidation sites excluding steroid dienone is 1. The van der Waals surface area contributed by atoms with Crippen LogP contribution in [0.25, 0.3) is 0 Å². The Bertz CT molecular complexity index is 239. The molecule has 0 spiro atoms. The minimum absolute atomic E-state index is 0.440. The molecule has 0 aromatic carbocycles. The van der Waals surface area contributed by atoms with Gasteiger partial charge in [0.15, 0.2) is 11.4 Å². The van der Waals surface area contributed by atoms with E-state index in [9.17, 15) is 4.79 Å². The summed E-state index contributed by atoms with van der Waals surface area (Å²) in [4.78, 5) is 10.8. The molecule has 0 atom stereocenters. The lowest BCUT2D eigenvalue weighted by atomic mass is 10.1. The van der Waals surface area contributed by atoms with Gasteiger partial charge in [0.2, 0.25) is 0 Å². The Balaban J connectivity index is 2.99. The van der Waals surface area contributed by atoms with Gasteiger partial charge in [-0.15, -0.1) is 0 Å². The number of hydrogen-bond donors (Lipinski definition) is 0. The molecule has 0 bridgehead atoms. The molecule has 0 unspecified atom stereocenters. The molecule has 0 aromatic rings. The number of hydrogen-bond acceptors (Lipinski definition) is 4. The van der Waals surface area contributed by atoms with Crippen molar-refractivity contribution in [2.45, 2.75) is 26.4 Å². The van der Waals surface area contributed by atoms with Crippen molar-refractivity contribution in [1.82, 2.24) is 0 Å². The number of ether oxygens (including phenoxy) is 3. The third-order valence-electron chi connectivity index (χ3n) is 1.70. The zero-order chi connectivity index (χ0) is 9.35. The molecule has 1 heterocycles. The lowest BCUT2D eigenvalue weighted by Crippen LogP contribution is -2.21. The Morgan fingerprint density at radius 2 is 2.08 bits per heavy atom. The molecule has 12 heavy (non-hydrogen) atoms. The van der Waals surface area contributed by atoms with Crippen molar-refractivity contribution >= 4 is 6.16 Å². The zero-order valence-electron chi connectivity index (χ0n) is 7.63. The summed E-state index contributed by atoms with van der Waals surface area (Å²) in [5.41, 5.74) is -0.711. The van der Waals surface area contributed by atoms with E-state index in [0.29, 0.717) is 11.5 Å². The van der Waals surface area contributed by atoms with Crippen LogP contribution in [0, 0.1) is 0 Å². The summed E-state index contributed by atoms with van der Waals surface area (Å²) >= 11 is 0. The maximum Gasteiger partial charge on any atom is 0.514 e. The van der Waals surface area contributed by atoms with Crippen LogP contribution in [0.2, 0.25) is 0 Å². The van der Waals surface area contributed by atoms with Gasteiger partial charge in [-0.25, -0.2) is 4.79 Å². The van der Waals surface area contributed by atoms with Gasteiger partial charge in [-0.2, -0.15) is 0 Å². The molecule has 4 heteroatoms. The van der Waals surface area contributed by atoms with Crippen molar-refractivity contribution < 1.29 is 19.0 Å². The fourth-order valence-electron chi connectivity index (χ4n) is 1.07. The highest BCUT2D eigenvalue weighted by Crippen LogP contribution is 2.32. The molecule has 1 rings (SSSR count). The fraction of sp³-hybridized carbons (Fsp3) is 0.625. The Kier molecular flexibility index (Phi) is 2.00. The van der Waals surface area contributed by atoms with Crippen LogP contribution in [0.1, 0.15) is 20.8 Å². The molecule has 0 saturated carbocycles. The molecule has 4 nitrogen and oxygen atoms in total. The second-order valence-electron chi connectivity index (χ2n) is 3.05. The smallest absolute Gasteiger partial charge is 0.498 e. The summed E-state index contributed by atoms with van der Waals surface area (Å²) in [5, 5.41) is 0. The van der Waals surface area contributed by atoms with Crippen LogP contribution >= 0.6 is 0 Å². The topological polar surface area (TPSA) is 44.8 Å². The van der Waals surface area contributed by atoms with Crippen LogP contribution in [-0.2, 0) is 14.2 Å². The SMILES string of the molecule is CO/C(C)=C1\OC(=O)OC1(C)C. The van der Waals surface area contributed by atoms with Gasteiger partial charge in [0.1, 0.15) is 5.76 Å². The lowest BCUT2D eigenvalue weighted by molar-refractivity contribution is 0.0866. The Morgan fingerprint density at radius 3 is 2.42 bits per heavy atom. The van der Waals surface area contributed by atoms with E-state index < -0.39 is 11.8 Å². The second kappa shape index (κ2) is 2.69. The standard InChI is InChI=1S/C8H12O4/c1-5(10-4)6-8(2,3)12-7(9)11-6/h1-4H3/b6-5-. The third-order valence-corrected chi connectivity index (χ3v) is 1.70. The van der Waals surface area contributed by atoms with E-state index in [2.05, 4.69) is 0 Å². The summed E-state index contributed by atoms with van der Waals surface area (Å²) in [5.74, 6) is 1.00. The van der Waals surface area contributed by atoms with Gasteiger partial charge in [-0.05, 0) is 20.8 Å². The zero-order valence-corrected chi connectivity index (χ0v) is 7.63. The van der Waals surface area contributed by atoms with E-state index in [1.807, 2.05) is 0 Å². The monoisotopic (exact) mass is 172 g/mol. The first kappa shape index (κ1) is 8.90. The maximum atomic E-state index is 10.8. The number of cyclic esters (lactones) is 2. The highest BCUT2D eigenvalue weighted by atomic mass is 16.8. The Hall–Kier alpha value is -1.19. The lowest BCUT2D eigenvalue weighted by Gasteiger charge is -2.15. The van der Waals surface area contributed by atoms with Crippen LogP contribution < -0.4 is 0 Å². The average Bonchev–Trinajstić information content (AvgIpc) is 2.23. The maximum absolute atomic E-state index is 10.8. The second-order valence-corrected chi connectivity index (χ2v) is 3.05. The largest absolute Gasteiger partial charge is 0.514 e. The van der Waals surface area contributed by atoms with Crippen LogP contribution in [0.4, 0.5) is 4.79 Å². The molecular weight excluding hydrogens is 160 g/mol. The number of methoxy groups -OCH3 is 1. The van der Waals surface area contributed by atoms with E-state index in [0.717, 1.165) is 0 Å². The van der Waals surface area contributed by atoms with E-state index in [-0.39, 0.29) is 0 Å². The molecule has 1 aliphatic heterocycles. The predicted octanol–water partition coefficient (Wildman–Crippen LogP) is 1.81. The molecule has 0 aliphatic carbocycles. The average molecular weight is 172 g/mol. The highest BCUT2D eigenvalue weighted by Gasteiger charge is 2.41. The van der Waals surface area contributed by atoms with Crippen LogP contribution in [0.5, 0.6) is 0 Å². The third kappa shape index (κ3) is 1.37. The van der Waals surface area contributed by atoms with Crippen molar-refractivity contribution in [1.29, 1.82) is 0 Å². The Morgan fingerprint density at radius 1 is 1.50 bits per heavy atom. The van der Waals surface area contributed by atoms with Crippen molar-refractivity contribution in [3.8, 4) is 0 Å². The van der Waals surface area contributed by atoms with Gasteiger partial charge in [0.05, 0.1) is 7.11 Å². The summed E-state index contributed by atoms with van der Waals surface area (Å²) in [7, 11) is 1.52. The quantitative estimate of drug-likeness (QED) is 0.447. The van der Waals surface area contributed by atoms with Gasteiger partial charge in [-0.3, -0.25) is 0 Å². The fourth-order valence-corrected chi connectivity index (χ4v) is 1.07. The van der Waals surface area contributed by atoms with Gasteiger partial charge < -0.3 is 14.2 Å². The van der Waals surface area contributed by atoms with E-state index in [1.165, 1.54) is 7.11 Å². The molecule has 0 aromatic heterocycles. The molecule has 1 aliphatic rings. The van der Waals surface area contributed by atoms with Gasteiger partial charge >= 0.3 is 6.16 Å². The van der Waals surface area contributed by atoms with Crippen molar-refractivity contribution in [3.05, 3.63) is 11.5 Å². The van der Waals surface area contributed by atoms with Gasteiger partial charge in [0.25, 0.3) is 0 Å². The predicted molar refractivity (Wildman–Crippen MR) is 41.4 cm³/mol. The first-order chi connectivity index (χ1) is 5.47. The normalized spacial score (nSPS) is 24.5. The first-order valence-electron chi connectivity index (χ1n) is 3.63. The van der Waals surface area contributed by atoms with E-state index in [1.54, 1.807) is 20.8 Å². The van der Waals surface area contributed by atoms with E-state index >= 15 is 0 Å². The first-order valence-corrected chi connectivity index (χ1v) is 3.63. The molecule has 1 fully saturated rings. The van der Waals surface area contributed by atoms with Crippen LogP contribution in [0.15, 0.2) is 11.5 Å².